The van der Waals surface area contributed by atoms with Gasteiger partial charge in [0.1, 0.15) is 5.82 Å². The number of rotatable bonds is 6. The minimum atomic E-state index is -3.08. The van der Waals surface area contributed by atoms with Crippen LogP contribution >= 0.6 is 0 Å². The van der Waals surface area contributed by atoms with Crippen molar-refractivity contribution >= 4 is 0 Å². The average Bonchev–Trinajstić information content (AvgIpc) is 3.05. The summed E-state index contributed by atoms with van der Waals surface area (Å²) in [7, 11) is 0. The van der Waals surface area contributed by atoms with Gasteiger partial charge in [0, 0.05) is 17.5 Å². The smallest absolute Gasteiger partial charge is 0.285 e. The Labute approximate surface area is 138 Å². The topological polar surface area (TPSA) is 50.1 Å². The third-order valence-corrected chi connectivity index (χ3v) is 4.25. The number of benzene rings is 1. The highest BCUT2D eigenvalue weighted by Crippen LogP contribution is 2.28. The van der Waals surface area contributed by atoms with Crippen molar-refractivity contribution in [1.82, 2.24) is 15.8 Å². The van der Waals surface area contributed by atoms with Gasteiger partial charge in [-0.3, -0.25) is 0 Å². The van der Waals surface area contributed by atoms with Crippen molar-refractivity contribution in [3.8, 4) is 0 Å². The molecule has 0 radical (unpaired) electrons. The molecule has 0 atom stereocenters. The number of nitrogens with one attached hydrogen (secondary N) is 2. The predicted octanol–water partition coefficient (Wildman–Crippen LogP) is 3.16. The highest BCUT2D eigenvalue weighted by atomic mass is 19.3. The van der Waals surface area contributed by atoms with Gasteiger partial charge in [-0.25, -0.2) is 4.39 Å². The summed E-state index contributed by atoms with van der Waals surface area (Å²) in [4.78, 5) is 0. The van der Waals surface area contributed by atoms with E-state index in [1.807, 2.05) is 6.07 Å². The maximum Gasteiger partial charge on any atom is 0.285 e. The summed E-state index contributed by atoms with van der Waals surface area (Å²) in [5.74, 6) is -2.71. The zero-order chi connectivity index (χ0) is 17.0. The summed E-state index contributed by atoms with van der Waals surface area (Å²) < 4.78 is 46.1. The molecular weight excluding hydrogens is 319 g/mol. The number of halogens is 3. The second-order valence-electron chi connectivity index (χ2n) is 6.06. The molecule has 0 amide bonds. The van der Waals surface area contributed by atoms with E-state index in [9.17, 15) is 13.2 Å². The van der Waals surface area contributed by atoms with Gasteiger partial charge in [-0.15, -0.1) is 0 Å². The average molecular weight is 339 g/mol. The van der Waals surface area contributed by atoms with Crippen LogP contribution in [0, 0.1) is 5.82 Å². The van der Waals surface area contributed by atoms with E-state index in [1.165, 1.54) is 0 Å². The van der Waals surface area contributed by atoms with Crippen molar-refractivity contribution in [2.75, 3.05) is 19.6 Å². The van der Waals surface area contributed by atoms with E-state index in [0.717, 1.165) is 55.9 Å². The number of alkyl halides is 2. The molecule has 1 fully saturated rings. The molecule has 0 saturated carbocycles. The van der Waals surface area contributed by atoms with E-state index >= 15 is 0 Å². The highest BCUT2D eigenvalue weighted by molar-refractivity contribution is 5.21. The fraction of sp³-hybridized carbons (Fsp3) is 0.471. The monoisotopic (exact) mass is 339 g/mol. The maximum atomic E-state index is 14.0. The van der Waals surface area contributed by atoms with E-state index in [-0.39, 0.29) is 12.1 Å². The van der Waals surface area contributed by atoms with E-state index in [4.69, 9.17) is 4.52 Å². The van der Waals surface area contributed by atoms with Gasteiger partial charge in [0.15, 0.2) is 5.76 Å². The van der Waals surface area contributed by atoms with Gasteiger partial charge >= 0.3 is 0 Å². The lowest BCUT2D eigenvalue weighted by atomic mass is 9.95. The van der Waals surface area contributed by atoms with E-state index in [2.05, 4.69) is 15.8 Å². The second-order valence-corrected chi connectivity index (χ2v) is 6.06. The molecule has 1 aromatic heterocycles. The summed E-state index contributed by atoms with van der Waals surface area (Å²) in [6.07, 6.45) is 2.00. The molecule has 2 N–H and O–H groups in total. The Kier molecular flexibility index (Phi) is 5.20. The van der Waals surface area contributed by atoms with Gasteiger partial charge in [-0.1, -0.05) is 17.3 Å². The molecule has 1 aromatic carbocycles. The van der Waals surface area contributed by atoms with Gasteiger partial charge in [0.2, 0.25) is 0 Å². The highest BCUT2D eigenvalue weighted by Gasteiger charge is 2.31. The molecule has 1 aliphatic heterocycles. The SMILES string of the molecule is Fc1ccc(C(F)(F)CNCc2cc(C3CCNCC3)no2)cc1. The summed E-state index contributed by atoms with van der Waals surface area (Å²) >= 11 is 0. The molecule has 0 bridgehead atoms. The lowest BCUT2D eigenvalue weighted by molar-refractivity contribution is -0.00390. The predicted molar refractivity (Wildman–Crippen MR) is 83.3 cm³/mol. The Bertz CT molecular complexity index is 651. The minimum Gasteiger partial charge on any atom is -0.360 e. The summed E-state index contributed by atoms with van der Waals surface area (Å²) in [5.41, 5.74) is 0.669. The molecule has 0 aliphatic carbocycles. The third kappa shape index (κ3) is 4.15. The summed E-state index contributed by atoms with van der Waals surface area (Å²) in [6, 6.07) is 6.09. The standard InChI is InChI=1S/C17H20F3N3O/c18-14-3-1-13(2-4-14)17(19,20)11-22-10-15-9-16(23-24-15)12-5-7-21-8-6-12/h1-4,9,12,21-22H,5-8,10-11H2. The van der Waals surface area contributed by atoms with Crippen LogP contribution in [0.2, 0.25) is 0 Å². The summed E-state index contributed by atoms with van der Waals surface area (Å²) in [5, 5.41) is 10.0. The van der Waals surface area contributed by atoms with E-state index in [1.54, 1.807) is 0 Å². The molecule has 4 nitrogen and oxygen atoms in total. The molecule has 3 rings (SSSR count). The van der Waals surface area contributed by atoms with Crippen LogP contribution in [0.5, 0.6) is 0 Å². The zero-order valence-corrected chi connectivity index (χ0v) is 13.2. The number of aromatic nitrogens is 1. The van der Waals surface area contributed by atoms with Crippen LogP contribution in [0.1, 0.15) is 35.8 Å². The number of nitrogens with zero attached hydrogens (tertiary/aromatic N) is 1. The molecule has 1 saturated heterocycles. The zero-order valence-electron chi connectivity index (χ0n) is 13.2. The third-order valence-electron chi connectivity index (χ3n) is 4.25. The van der Waals surface area contributed by atoms with Crippen LogP contribution in [0.15, 0.2) is 34.9 Å². The first-order valence-corrected chi connectivity index (χ1v) is 8.05. The molecular formula is C17H20F3N3O. The van der Waals surface area contributed by atoms with Gasteiger partial charge in [0.25, 0.3) is 5.92 Å². The molecule has 1 aliphatic rings. The van der Waals surface area contributed by atoms with Crippen molar-refractivity contribution in [3.05, 3.63) is 53.2 Å². The van der Waals surface area contributed by atoms with Gasteiger partial charge in [-0.05, 0) is 38.1 Å². The largest absolute Gasteiger partial charge is 0.360 e. The second kappa shape index (κ2) is 7.36. The quantitative estimate of drug-likeness (QED) is 0.849. The summed E-state index contributed by atoms with van der Waals surface area (Å²) in [6.45, 7) is 1.53. The van der Waals surface area contributed by atoms with Crippen LogP contribution in [0.25, 0.3) is 0 Å². The fourth-order valence-electron chi connectivity index (χ4n) is 2.86. The van der Waals surface area contributed by atoms with Crippen LogP contribution in [0.3, 0.4) is 0 Å². The van der Waals surface area contributed by atoms with Crippen LogP contribution in [0.4, 0.5) is 13.2 Å². The molecule has 7 heteroatoms. The Morgan fingerprint density at radius 1 is 1.21 bits per heavy atom. The first kappa shape index (κ1) is 17.0. The van der Waals surface area contributed by atoms with E-state index in [0.29, 0.717) is 11.7 Å². The molecule has 2 aromatic rings. The van der Waals surface area contributed by atoms with Crippen molar-refractivity contribution in [1.29, 1.82) is 0 Å². The Balaban J connectivity index is 1.52. The van der Waals surface area contributed by atoms with E-state index < -0.39 is 18.3 Å². The Morgan fingerprint density at radius 2 is 1.92 bits per heavy atom. The first-order chi connectivity index (χ1) is 11.5. The normalized spacial score (nSPS) is 16.5. The van der Waals surface area contributed by atoms with Crippen LogP contribution in [-0.4, -0.2) is 24.8 Å². The molecule has 2 heterocycles. The first-order valence-electron chi connectivity index (χ1n) is 8.05. The number of hydrogen-bond donors (Lipinski definition) is 2. The molecule has 0 unspecified atom stereocenters. The van der Waals surface area contributed by atoms with Crippen molar-refractivity contribution < 1.29 is 17.7 Å². The molecule has 130 valence electrons. The van der Waals surface area contributed by atoms with Crippen LogP contribution < -0.4 is 10.6 Å². The maximum absolute atomic E-state index is 14.0. The molecule has 24 heavy (non-hydrogen) atoms. The number of hydrogen-bond acceptors (Lipinski definition) is 4. The van der Waals surface area contributed by atoms with Crippen molar-refractivity contribution in [3.63, 3.8) is 0 Å². The lowest BCUT2D eigenvalue weighted by Gasteiger charge is -2.19. The van der Waals surface area contributed by atoms with Crippen molar-refractivity contribution in [2.45, 2.75) is 31.2 Å². The Hall–Kier alpha value is -1.86. The van der Waals surface area contributed by atoms with Gasteiger partial charge in [0.05, 0.1) is 18.8 Å². The number of piperidine rings is 1. The van der Waals surface area contributed by atoms with Crippen molar-refractivity contribution in [2.24, 2.45) is 0 Å². The Morgan fingerprint density at radius 3 is 2.62 bits per heavy atom. The lowest BCUT2D eigenvalue weighted by Crippen LogP contribution is -2.30. The van der Waals surface area contributed by atoms with Gasteiger partial charge < -0.3 is 15.2 Å². The molecule has 0 spiro atoms. The fourth-order valence-corrected chi connectivity index (χ4v) is 2.86. The minimum absolute atomic E-state index is 0.175. The van der Waals surface area contributed by atoms with Crippen LogP contribution in [-0.2, 0) is 12.5 Å². The van der Waals surface area contributed by atoms with Gasteiger partial charge in [-0.2, -0.15) is 8.78 Å².